The van der Waals surface area contributed by atoms with Crippen LogP contribution in [0.1, 0.15) is 13.8 Å². The zero-order valence-electron chi connectivity index (χ0n) is 12.4. The smallest absolute Gasteiger partial charge is 0.375 e. The minimum absolute atomic E-state index is 0.0973. The lowest BCUT2D eigenvalue weighted by atomic mass is 10.5. The molecule has 0 aliphatic rings. The molecule has 1 aromatic rings. The third kappa shape index (κ3) is 7.10. The van der Waals surface area contributed by atoms with Gasteiger partial charge in [-0.05, 0) is 13.8 Å². The summed E-state index contributed by atoms with van der Waals surface area (Å²) in [6, 6.07) is 0. The van der Waals surface area contributed by atoms with Crippen LogP contribution in [-0.4, -0.2) is 58.4 Å². The molecule has 1 heterocycles. The number of thioether (sulfide) groups is 2. The number of aromatic nitrogens is 2. The molecule has 8 nitrogen and oxygen atoms in total. The Balaban J connectivity index is 2.40. The molecule has 0 unspecified atom stereocenters. The van der Waals surface area contributed by atoms with Gasteiger partial charge in [-0.3, -0.25) is 9.59 Å². The van der Waals surface area contributed by atoms with E-state index in [1.165, 1.54) is 0 Å². The molecule has 0 atom stereocenters. The summed E-state index contributed by atoms with van der Waals surface area (Å²) >= 11 is 3.28. The van der Waals surface area contributed by atoms with Crippen molar-refractivity contribution in [2.45, 2.75) is 22.5 Å². The normalized spacial score (nSPS) is 10.2. The van der Waals surface area contributed by atoms with Crippen molar-refractivity contribution in [3.05, 3.63) is 0 Å². The van der Waals surface area contributed by atoms with Gasteiger partial charge in [-0.25, -0.2) is 9.59 Å². The quantitative estimate of drug-likeness (QED) is 0.332. The van der Waals surface area contributed by atoms with E-state index in [-0.39, 0.29) is 24.7 Å². The highest BCUT2D eigenvalue weighted by molar-refractivity contribution is 8.04. The second kappa shape index (κ2) is 10.3. The summed E-state index contributed by atoms with van der Waals surface area (Å²) in [6.45, 7) is 3.51. The number of carbonyl (C=O) groups excluding carboxylic acids is 4. The second-order valence-electron chi connectivity index (χ2n) is 3.70. The van der Waals surface area contributed by atoms with E-state index >= 15 is 0 Å². The molecule has 0 fully saturated rings. The van der Waals surface area contributed by atoms with E-state index in [9.17, 15) is 19.2 Å². The van der Waals surface area contributed by atoms with Gasteiger partial charge < -0.3 is 9.47 Å². The van der Waals surface area contributed by atoms with Crippen LogP contribution in [0.15, 0.2) is 8.68 Å². The number of hydrogen-bond acceptors (Lipinski definition) is 11. The second-order valence-corrected chi connectivity index (χ2v) is 7.12. The van der Waals surface area contributed by atoms with Crippen LogP contribution in [0.5, 0.6) is 0 Å². The molecule has 1 aromatic heterocycles. The molecule has 11 heteroatoms. The highest BCUT2D eigenvalue weighted by Crippen LogP contribution is 2.28. The summed E-state index contributed by atoms with van der Waals surface area (Å²) in [5, 5.41) is 7.66. The average Bonchev–Trinajstić information content (AvgIpc) is 2.98. The van der Waals surface area contributed by atoms with Crippen molar-refractivity contribution >= 4 is 58.4 Å². The first-order valence-electron chi connectivity index (χ1n) is 6.46. The van der Waals surface area contributed by atoms with Gasteiger partial charge in [0, 0.05) is 0 Å². The standard InChI is InChI=1S/C12H14N2O6S3/c1-3-19-9(17)7(15)5-21-11-13-14-12(23-11)22-6-8(16)10(18)20-4-2/h3-6H2,1-2H3. The van der Waals surface area contributed by atoms with E-state index in [1.807, 2.05) is 0 Å². The molecule has 0 amide bonds. The fourth-order valence-corrected chi connectivity index (χ4v) is 3.82. The Hall–Kier alpha value is -1.46. The van der Waals surface area contributed by atoms with Crippen LogP contribution in [0.25, 0.3) is 0 Å². The Morgan fingerprint density at radius 3 is 1.61 bits per heavy atom. The summed E-state index contributed by atoms with van der Waals surface area (Å²) in [6.07, 6.45) is 0. The minimum Gasteiger partial charge on any atom is -0.460 e. The molecule has 23 heavy (non-hydrogen) atoms. The number of Topliss-reactive ketones (excluding diaryl/α,β-unsaturated/α-hetero) is 2. The van der Waals surface area contributed by atoms with Gasteiger partial charge in [0.05, 0.1) is 24.7 Å². The van der Waals surface area contributed by atoms with Crippen molar-refractivity contribution in [2.24, 2.45) is 0 Å². The Morgan fingerprint density at radius 1 is 0.870 bits per heavy atom. The van der Waals surface area contributed by atoms with Crippen molar-refractivity contribution in [3.63, 3.8) is 0 Å². The number of nitrogens with zero attached hydrogens (tertiary/aromatic N) is 2. The lowest BCUT2D eigenvalue weighted by Gasteiger charge is -1.99. The molecule has 0 aliphatic carbocycles. The maximum Gasteiger partial charge on any atom is 0.375 e. The third-order valence-corrected chi connectivity index (χ3v) is 5.24. The van der Waals surface area contributed by atoms with E-state index in [0.717, 1.165) is 34.9 Å². The van der Waals surface area contributed by atoms with Gasteiger partial charge in [0.25, 0.3) is 0 Å². The number of hydrogen-bond donors (Lipinski definition) is 0. The summed E-state index contributed by atoms with van der Waals surface area (Å²) in [4.78, 5) is 45.2. The molecular weight excluding hydrogens is 364 g/mol. The monoisotopic (exact) mass is 378 g/mol. The number of carbonyl (C=O) groups is 4. The maximum absolute atomic E-state index is 11.4. The molecule has 0 radical (unpaired) electrons. The number of ether oxygens (including phenoxy) is 2. The van der Waals surface area contributed by atoms with Gasteiger partial charge in [-0.1, -0.05) is 34.9 Å². The van der Waals surface area contributed by atoms with Gasteiger partial charge in [0.15, 0.2) is 8.68 Å². The van der Waals surface area contributed by atoms with E-state index < -0.39 is 23.5 Å². The number of ketones is 2. The van der Waals surface area contributed by atoms with Crippen LogP contribution in [-0.2, 0) is 28.7 Å². The molecule has 0 aromatic carbocycles. The third-order valence-electron chi connectivity index (χ3n) is 2.05. The molecular formula is C12H14N2O6S3. The lowest BCUT2D eigenvalue weighted by molar-refractivity contribution is -0.152. The molecule has 0 aliphatic heterocycles. The zero-order valence-corrected chi connectivity index (χ0v) is 14.8. The lowest BCUT2D eigenvalue weighted by Crippen LogP contribution is -2.19. The van der Waals surface area contributed by atoms with E-state index in [1.54, 1.807) is 13.8 Å². The summed E-state index contributed by atoms with van der Waals surface area (Å²) in [5.41, 5.74) is 0. The highest BCUT2D eigenvalue weighted by atomic mass is 32.2. The van der Waals surface area contributed by atoms with Crippen LogP contribution < -0.4 is 0 Å². The van der Waals surface area contributed by atoms with Crippen molar-refractivity contribution < 1.29 is 28.7 Å². The first-order chi connectivity index (χ1) is 11.0. The maximum atomic E-state index is 11.4. The Kier molecular flexibility index (Phi) is 8.81. The van der Waals surface area contributed by atoms with Gasteiger partial charge in [0.1, 0.15) is 0 Å². The van der Waals surface area contributed by atoms with Crippen molar-refractivity contribution in [1.29, 1.82) is 0 Å². The summed E-state index contributed by atoms with van der Waals surface area (Å²) in [5.74, 6) is -3.25. The highest BCUT2D eigenvalue weighted by Gasteiger charge is 2.18. The van der Waals surface area contributed by atoms with E-state index in [4.69, 9.17) is 0 Å². The molecule has 1 rings (SSSR count). The minimum atomic E-state index is -0.876. The first kappa shape index (κ1) is 19.6. The Labute approximate surface area is 144 Å². The van der Waals surface area contributed by atoms with Gasteiger partial charge in [-0.2, -0.15) is 0 Å². The predicted octanol–water partition coefficient (Wildman–Crippen LogP) is 0.987. The molecule has 0 saturated carbocycles. The van der Waals surface area contributed by atoms with Gasteiger partial charge in [0.2, 0.25) is 11.6 Å². The van der Waals surface area contributed by atoms with Crippen LogP contribution in [0.4, 0.5) is 0 Å². The van der Waals surface area contributed by atoms with Crippen LogP contribution >= 0.6 is 34.9 Å². The van der Waals surface area contributed by atoms with Crippen LogP contribution in [0.3, 0.4) is 0 Å². The van der Waals surface area contributed by atoms with Crippen molar-refractivity contribution in [1.82, 2.24) is 10.2 Å². The molecule has 0 bridgehead atoms. The van der Waals surface area contributed by atoms with Crippen LogP contribution in [0, 0.1) is 0 Å². The fourth-order valence-electron chi connectivity index (χ4n) is 1.11. The molecule has 0 saturated heterocycles. The summed E-state index contributed by atoms with van der Waals surface area (Å²) < 4.78 is 10.1. The Morgan fingerprint density at radius 2 is 1.26 bits per heavy atom. The van der Waals surface area contributed by atoms with E-state index in [0.29, 0.717) is 8.68 Å². The molecule has 0 N–H and O–H groups in total. The topological polar surface area (TPSA) is 113 Å². The molecule has 0 spiro atoms. The summed E-state index contributed by atoms with van der Waals surface area (Å²) in [7, 11) is 0. The number of esters is 2. The first-order valence-corrected chi connectivity index (χ1v) is 9.25. The van der Waals surface area contributed by atoms with Gasteiger partial charge in [-0.15, -0.1) is 10.2 Å². The van der Waals surface area contributed by atoms with Crippen LogP contribution in [0.2, 0.25) is 0 Å². The fraction of sp³-hybridized carbons (Fsp3) is 0.500. The molecule has 126 valence electrons. The van der Waals surface area contributed by atoms with Gasteiger partial charge >= 0.3 is 11.9 Å². The number of rotatable bonds is 10. The zero-order chi connectivity index (χ0) is 17.2. The van der Waals surface area contributed by atoms with E-state index in [2.05, 4.69) is 19.7 Å². The average molecular weight is 378 g/mol. The largest absolute Gasteiger partial charge is 0.460 e. The van der Waals surface area contributed by atoms with Crippen molar-refractivity contribution in [3.8, 4) is 0 Å². The SMILES string of the molecule is CCOC(=O)C(=O)CSc1nnc(SCC(=O)C(=O)OCC)s1. The van der Waals surface area contributed by atoms with Crippen molar-refractivity contribution in [2.75, 3.05) is 24.7 Å². The Bertz CT molecular complexity index is 541. The predicted molar refractivity (Wildman–Crippen MR) is 84.6 cm³/mol.